The van der Waals surface area contributed by atoms with Gasteiger partial charge in [-0.25, -0.2) is 9.97 Å². The molecule has 0 aliphatic carbocycles. The summed E-state index contributed by atoms with van der Waals surface area (Å²) in [5.74, 6) is 0.709. The number of fused-ring (bicyclic) bond motifs is 2. The number of thiophene rings is 1. The number of pyridine rings is 2. The molecule has 0 unspecified atom stereocenters. The molecule has 2 N–H and O–H groups in total. The van der Waals surface area contributed by atoms with E-state index in [9.17, 15) is 0 Å². The molecule has 7 rings (SSSR count). The van der Waals surface area contributed by atoms with E-state index >= 15 is 0 Å². The van der Waals surface area contributed by atoms with Gasteiger partial charge in [-0.1, -0.05) is 12.1 Å². The Balaban J connectivity index is 1.28. The number of nitrogens with one attached hydrogen (secondary N) is 2. The van der Waals surface area contributed by atoms with Gasteiger partial charge in [-0.3, -0.25) is 15.0 Å². The highest BCUT2D eigenvalue weighted by Gasteiger charge is 2.17. The molecular formula is C27H23N7S. The first kappa shape index (κ1) is 20.5. The van der Waals surface area contributed by atoms with Gasteiger partial charge in [-0.05, 0) is 72.8 Å². The van der Waals surface area contributed by atoms with Gasteiger partial charge in [0.15, 0.2) is 11.5 Å². The Morgan fingerprint density at radius 1 is 1.00 bits per heavy atom. The van der Waals surface area contributed by atoms with E-state index in [0.717, 1.165) is 45.3 Å². The van der Waals surface area contributed by atoms with Crippen LogP contribution in [0.3, 0.4) is 0 Å². The summed E-state index contributed by atoms with van der Waals surface area (Å²) in [6, 6.07) is 14.8. The normalized spacial score (nSPS) is 14.4. The van der Waals surface area contributed by atoms with E-state index in [1.165, 1.54) is 36.4 Å². The zero-order chi connectivity index (χ0) is 23.2. The molecule has 8 heteroatoms. The predicted octanol–water partition coefficient (Wildman–Crippen LogP) is 5.89. The third-order valence-electron chi connectivity index (χ3n) is 6.70. The maximum absolute atomic E-state index is 4.79. The van der Waals surface area contributed by atoms with E-state index in [1.807, 2.05) is 24.7 Å². The first-order chi connectivity index (χ1) is 17.3. The van der Waals surface area contributed by atoms with Crippen LogP contribution in [0, 0.1) is 0 Å². The molecule has 1 aromatic carbocycles. The fourth-order valence-corrected chi connectivity index (χ4v) is 5.72. The van der Waals surface area contributed by atoms with Crippen LogP contribution in [0.4, 0.5) is 0 Å². The molecular weight excluding hydrogens is 454 g/mol. The van der Waals surface area contributed by atoms with Gasteiger partial charge in [0.2, 0.25) is 0 Å². The molecule has 6 aromatic rings. The van der Waals surface area contributed by atoms with Crippen LogP contribution in [-0.2, 0) is 6.54 Å². The fourth-order valence-electron chi connectivity index (χ4n) is 4.97. The molecule has 5 aromatic heterocycles. The predicted molar refractivity (Wildman–Crippen MR) is 140 cm³/mol. The standard InChI is InChI=1S/C27H23N7S/c1-2-10-34(9-1)16-17-12-19(15-28-14-17)18-5-6-22-21(13-18)25(33-32-22)27-30-24-20(23-4-3-11-35-23)7-8-29-26(24)31-27/h3-8,11-15H,1-2,9-10,16H2,(H,32,33)(H,29,30,31). The summed E-state index contributed by atoms with van der Waals surface area (Å²) < 4.78 is 0. The molecule has 0 atom stereocenters. The number of hydrogen-bond acceptors (Lipinski definition) is 6. The molecule has 0 radical (unpaired) electrons. The maximum atomic E-state index is 4.79. The second-order valence-corrected chi connectivity index (χ2v) is 9.97. The lowest BCUT2D eigenvalue weighted by molar-refractivity contribution is 0.331. The van der Waals surface area contributed by atoms with Gasteiger partial charge >= 0.3 is 0 Å². The average Bonchev–Trinajstić information content (AvgIpc) is 3.70. The van der Waals surface area contributed by atoms with Gasteiger partial charge in [0.05, 0.1) is 11.0 Å². The zero-order valence-electron chi connectivity index (χ0n) is 19.0. The molecule has 0 amide bonds. The number of imidazole rings is 1. The average molecular weight is 478 g/mol. The quantitative estimate of drug-likeness (QED) is 0.323. The van der Waals surface area contributed by atoms with E-state index in [1.54, 1.807) is 11.3 Å². The van der Waals surface area contributed by atoms with Crippen molar-refractivity contribution in [3.05, 3.63) is 72.0 Å². The third kappa shape index (κ3) is 3.71. The molecule has 172 valence electrons. The van der Waals surface area contributed by atoms with E-state index < -0.39 is 0 Å². The Morgan fingerprint density at radius 3 is 2.83 bits per heavy atom. The van der Waals surface area contributed by atoms with Gasteiger partial charge in [0, 0.05) is 46.5 Å². The topological polar surface area (TPSA) is 86.4 Å². The second-order valence-electron chi connectivity index (χ2n) is 9.02. The molecule has 0 spiro atoms. The Bertz CT molecular complexity index is 1640. The monoisotopic (exact) mass is 477 g/mol. The van der Waals surface area contributed by atoms with Gasteiger partial charge in [-0.15, -0.1) is 11.3 Å². The number of nitrogens with zero attached hydrogens (tertiary/aromatic N) is 5. The van der Waals surface area contributed by atoms with E-state index in [-0.39, 0.29) is 0 Å². The summed E-state index contributed by atoms with van der Waals surface area (Å²) in [6.45, 7) is 3.31. The summed E-state index contributed by atoms with van der Waals surface area (Å²) in [6.07, 6.45) is 8.31. The number of benzene rings is 1. The number of aromatic nitrogens is 6. The number of rotatable bonds is 5. The summed E-state index contributed by atoms with van der Waals surface area (Å²) in [5, 5.41) is 10.9. The molecule has 1 aliphatic rings. The summed E-state index contributed by atoms with van der Waals surface area (Å²) >= 11 is 1.70. The van der Waals surface area contributed by atoms with Crippen molar-refractivity contribution in [2.45, 2.75) is 19.4 Å². The Kier molecular flexibility index (Phi) is 4.92. The highest BCUT2D eigenvalue weighted by molar-refractivity contribution is 7.13. The summed E-state index contributed by atoms with van der Waals surface area (Å²) in [4.78, 5) is 21.0. The molecule has 0 saturated carbocycles. The maximum Gasteiger partial charge on any atom is 0.178 e. The largest absolute Gasteiger partial charge is 0.335 e. The van der Waals surface area contributed by atoms with Crippen LogP contribution in [0.2, 0.25) is 0 Å². The SMILES string of the molecule is c1csc(-c2ccnc3nc(-c4n[nH]c5ccc(-c6cncc(CN7CCCC7)c6)cc45)[nH]c23)c1. The highest BCUT2D eigenvalue weighted by atomic mass is 32.1. The van der Waals surface area contributed by atoms with Gasteiger partial charge in [0.25, 0.3) is 0 Å². The van der Waals surface area contributed by atoms with Crippen LogP contribution in [0.25, 0.3) is 55.2 Å². The van der Waals surface area contributed by atoms with E-state index in [2.05, 4.69) is 71.8 Å². The van der Waals surface area contributed by atoms with Crippen LogP contribution >= 0.6 is 11.3 Å². The van der Waals surface area contributed by atoms with Crippen molar-refractivity contribution in [2.24, 2.45) is 0 Å². The zero-order valence-corrected chi connectivity index (χ0v) is 19.8. The third-order valence-corrected chi connectivity index (χ3v) is 7.60. The Labute approximate surface area is 205 Å². The first-order valence-electron chi connectivity index (χ1n) is 11.9. The molecule has 7 nitrogen and oxygen atoms in total. The lowest BCUT2D eigenvalue weighted by atomic mass is 10.0. The van der Waals surface area contributed by atoms with E-state index in [4.69, 9.17) is 4.98 Å². The lowest BCUT2D eigenvalue weighted by Crippen LogP contribution is -2.18. The van der Waals surface area contributed by atoms with Crippen molar-refractivity contribution in [2.75, 3.05) is 13.1 Å². The number of hydrogen-bond donors (Lipinski definition) is 2. The van der Waals surface area contributed by atoms with Crippen molar-refractivity contribution >= 4 is 33.4 Å². The van der Waals surface area contributed by atoms with Crippen LogP contribution in [-0.4, -0.2) is 48.1 Å². The summed E-state index contributed by atoms with van der Waals surface area (Å²) in [7, 11) is 0. The van der Waals surface area contributed by atoms with Gasteiger partial charge < -0.3 is 4.98 Å². The van der Waals surface area contributed by atoms with Crippen molar-refractivity contribution < 1.29 is 0 Å². The van der Waals surface area contributed by atoms with Crippen molar-refractivity contribution in [1.29, 1.82) is 0 Å². The molecule has 6 heterocycles. The highest BCUT2D eigenvalue weighted by Crippen LogP contribution is 2.34. The van der Waals surface area contributed by atoms with Crippen molar-refractivity contribution in [3.63, 3.8) is 0 Å². The number of likely N-dealkylation sites (tertiary alicyclic amines) is 1. The van der Waals surface area contributed by atoms with Gasteiger partial charge in [-0.2, -0.15) is 5.10 Å². The van der Waals surface area contributed by atoms with E-state index in [0.29, 0.717) is 11.5 Å². The number of H-pyrrole nitrogens is 2. The minimum absolute atomic E-state index is 0.692. The lowest BCUT2D eigenvalue weighted by Gasteiger charge is -2.14. The minimum Gasteiger partial charge on any atom is -0.335 e. The minimum atomic E-state index is 0.692. The van der Waals surface area contributed by atoms with Crippen LogP contribution < -0.4 is 0 Å². The van der Waals surface area contributed by atoms with Crippen molar-refractivity contribution in [3.8, 4) is 33.1 Å². The van der Waals surface area contributed by atoms with Gasteiger partial charge in [0.1, 0.15) is 5.69 Å². The number of aromatic amines is 2. The Hall–Kier alpha value is -3.88. The fraction of sp³-hybridized carbons (Fsp3) is 0.185. The van der Waals surface area contributed by atoms with Crippen LogP contribution in [0.5, 0.6) is 0 Å². The molecule has 1 saturated heterocycles. The Morgan fingerprint density at radius 2 is 1.94 bits per heavy atom. The van der Waals surface area contributed by atoms with Crippen LogP contribution in [0.1, 0.15) is 18.4 Å². The first-order valence-corrected chi connectivity index (χ1v) is 12.7. The second kappa shape index (κ2) is 8.41. The van der Waals surface area contributed by atoms with Crippen LogP contribution in [0.15, 0.2) is 66.4 Å². The molecule has 1 aliphatic heterocycles. The molecule has 35 heavy (non-hydrogen) atoms. The smallest absolute Gasteiger partial charge is 0.178 e. The molecule has 0 bridgehead atoms. The van der Waals surface area contributed by atoms with Crippen molar-refractivity contribution in [1.82, 2.24) is 35.0 Å². The molecule has 1 fully saturated rings. The summed E-state index contributed by atoms with van der Waals surface area (Å²) in [5.41, 5.74) is 7.96.